The predicted octanol–water partition coefficient (Wildman–Crippen LogP) is 2.84. The van der Waals surface area contributed by atoms with Gasteiger partial charge >= 0.3 is 0 Å². The molecule has 0 aliphatic carbocycles. The molecule has 0 spiro atoms. The number of nitrogens with one attached hydrogen (secondary N) is 1. The first-order valence-corrected chi connectivity index (χ1v) is 6.05. The Morgan fingerprint density at radius 1 is 1.28 bits per heavy atom. The molecule has 1 atom stereocenters. The molecular weight excluding hydrogens is 224 g/mol. The molecule has 0 bridgehead atoms. The molecule has 1 unspecified atom stereocenters. The van der Waals surface area contributed by atoms with Gasteiger partial charge in [0, 0.05) is 18.1 Å². The molecule has 2 rings (SSSR count). The van der Waals surface area contributed by atoms with E-state index in [0.717, 1.165) is 16.8 Å². The summed E-state index contributed by atoms with van der Waals surface area (Å²) in [6.07, 6.45) is 3.57. The summed E-state index contributed by atoms with van der Waals surface area (Å²) in [6.45, 7) is 4.12. The standard InChI is InChI=1S/C15H18N2O/c1-11-4-3-5-13(8-11)17-15(10-18)14-9-16-7-6-12(14)2/h3-9,15,17-18H,10H2,1-2H3. The van der Waals surface area contributed by atoms with Crippen LogP contribution in [0.2, 0.25) is 0 Å². The van der Waals surface area contributed by atoms with Crippen LogP contribution in [0.25, 0.3) is 0 Å². The Balaban J connectivity index is 2.23. The second kappa shape index (κ2) is 5.65. The van der Waals surface area contributed by atoms with Crippen LogP contribution in [0.1, 0.15) is 22.7 Å². The summed E-state index contributed by atoms with van der Waals surface area (Å²) in [4.78, 5) is 4.12. The van der Waals surface area contributed by atoms with Gasteiger partial charge in [-0.25, -0.2) is 0 Å². The van der Waals surface area contributed by atoms with Gasteiger partial charge in [0.25, 0.3) is 0 Å². The summed E-state index contributed by atoms with van der Waals surface area (Å²) < 4.78 is 0. The maximum atomic E-state index is 9.54. The van der Waals surface area contributed by atoms with Crippen molar-refractivity contribution in [1.82, 2.24) is 4.98 Å². The molecule has 2 aromatic rings. The summed E-state index contributed by atoms with van der Waals surface area (Å²) in [7, 11) is 0. The number of aliphatic hydroxyl groups is 1. The fourth-order valence-corrected chi connectivity index (χ4v) is 2.00. The van der Waals surface area contributed by atoms with E-state index in [1.807, 2.05) is 25.1 Å². The summed E-state index contributed by atoms with van der Waals surface area (Å²) in [5.41, 5.74) is 4.36. The second-order valence-corrected chi connectivity index (χ2v) is 4.48. The minimum absolute atomic E-state index is 0.0421. The Kier molecular flexibility index (Phi) is 3.95. The molecule has 0 aliphatic heterocycles. The lowest BCUT2D eigenvalue weighted by Gasteiger charge is -2.19. The van der Waals surface area contributed by atoms with Crippen LogP contribution in [-0.4, -0.2) is 16.7 Å². The van der Waals surface area contributed by atoms with E-state index in [4.69, 9.17) is 0 Å². The van der Waals surface area contributed by atoms with E-state index in [0.29, 0.717) is 0 Å². The Bertz CT molecular complexity index is 525. The highest BCUT2D eigenvalue weighted by Gasteiger charge is 2.12. The van der Waals surface area contributed by atoms with E-state index in [1.165, 1.54) is 5.56 Å². The molecule has 2 N–H and O–H groups in total. The van der Waals surface area contributed by atoms with Crippen LogP contribution in [0, 0.1) is 13.8 Å². The van der Waals surface area contributed by atoms with Gasteiger partial charge in [0.05, 0.1) is 12.6 Å². The van der Waals surface area contributed by atoms with Crippen LogP contribution in [0.5, 0.6) is 0 Å². The largest absolute Gasteiger partial charge is 0.394 e. The smallest absolute Gasteiger partial charge is 0.0762 e. The minimum atomic E-state index is -0.125. The number of aromatic nitrogens is 1. The summed E-state index contributed by atoms with van der Waals surface area (Å²) in [5, 5.41) is 12.9. The fourth-order valence-electron chi connectivity index (χ4n) is 2.00. The monoisotopic (exact) mass is 242 g/mol. The number of pyridine rings is 1. The zero-order chi connectivity index (χ0) is 13.0. The number of anilines is 1. The number of hydrogen-bond acceptors (Lipinski definition) is 3. The normalized spacial score (nSPS) is 12.2. The van der Waals surface area contributed by atoms with Gasteiger partial charge in [0.15, 0.2) is 0 Å². The quantitative estimate of drug-likeness (QED) is 0.866. The molecule has 1 aromatic carbocycles. The van der Waals surface area contributed by atoms with Gasteiger partial charge in [-0.05, 0) is 48.7 Å². The van der Waals surface area contributed by atoms with E-state index < -0.39 is 0 Å². The Morgan fingerprint density at radius 3 is 2.78 bits per heavy atom. The highest BCUT2D eigenvalue weighted by atomic mass is 16.3. The Morgan fingerprint density at radius 2 is 2.11 bits per heavy atom. The number of benzene rings is 1. The number of aliphatic hydroxyl groups excluding tert-OH is 1. The lowest BCUT2D eigenvalue weighted by atomic mass is 10.0. The lowest BCUT2D eigenvalue weighted by Crippen LogP contribution is -2.16. The van der Waals surface area contributed by atoms with E-state index >= 15 is 0 Å². The van der Waals surface area contributed by atoms with Gasteiger partial charge in [-0.1, -0.05) is 12.1 Å². The molecule has 1 aromatic heterocycles. The van der Waals surface area contributed by atoms with Crippen molar-refractivity contribution in [3.05, 3.63) is 59.4 Å². The second-order valence-electron chi connectivity index (χ2n) is 4.48. The SMILES string of the molecule is Cc1cccc(NC(CO)c2cnccc2C)c1. The molecule has 0 aliphatic rings. The first kappa shape index (κ1) is 12.6. The number of nitrogens with zero attached hydrogens (tertiary/aromatic N) is 1. The van der Waals surface area contributed by atoms with Crippen LogP contribution in [-0.2, 0) is 0 Å². The van der Waals surface area contributed by atoms with Gasteiger partial charge in [0.1, 0.15) is 0 Å². The zero-order valence-corrected chi connectivity index (χ0v) is 10.7. The molecule has 3 heteroatoms. The molecule has 0 saturated carbocycles. The third-order valence-corrected chi connectivity index (χ3v) is 3.00. The molecule has 0 amide bonds. The van der Waals surface area contributed by atoms with Crippen molar-refractivity contribution < 1.29 is 5.11 Å². The highest BCUT2D eigenvalue weighted by molar-refractivity contribution is 5.48. The van der Waals surface area contributed by atoms with Gasteiger partial charge < -0.3 is 10.4 Å². The average molecular weight is 242 g/mol. The van der Waals surface area contributed by atoms with Crippen molar-refractivity contribution in [2.24, 2.45) is 0 Å². The molecule has 18 heavy (non-hydrogen) atoms. The molecule has 0 saturated heterocycles. The molecule has 94 valence electrons. The van der Waals surface area contributed by atoms with E-state index in [-0.39, 0.29) is 12.6 Å². The van der Waals surface area contributed by atoms with Crippen LogP contribution in [0.15, 0.2) is 42.7 Å². The third kappa shape index (κ3) is 2.87. The van der Waals surface area contributed by atoms with Crippen molar-refractivity contribution >= 4 is 5.69 Å². The van der Waals surface area contributed by atoms with Gasteiger partial charge in [0.2, 0.25) is 0 Å². The molecule has 3 nitrogen and oxygen atoms in total. The van der Waals surface area contributed by atoms with Crippen molar-refractivity contribution in [2.45, 2.75) is 19.9 Å². The Labute approximate surface area is 108 Å². The number of rotatable bonds is 4. The first-order valence-electron chi connectivity index (χ1n) is 6.05. The summed E-state index contributed by atoms with van der Waals surface area (Å²) in [6, 6.07) is 9.95. The van der Waals surface area contributed by atoms with E-state index in [2.05, 4.69) is 29.4 Å². The summed E-state index contributed by atoms with van der Waals surface area (Å²) >= 11 is 0. The number of hydrogen-bond donors (Lipinski definition) is 2. The third-order valence-electron chi connectivity index (χ3n) is 3.00. The van der Waals surface area contributed by atoms with E-state index in [1.54, 1.807) is 12.4 Å². The van der Waals surface area contributed by atoms with Crippen molar-refractivity contribution in [3.63, 3.8) is 0 Å². The van der Waals surface area contributed by atoms with Crippen LogP contribution >= 0.6 is 0 Å². The van der Waals surface area contributed by atoms with Crippen LogP contribution in [0.3, 0.4) is 0 Å². The van der Waals surface area contributed by atoms with Crippen LogP contribution < -0.4 is 5.32 Å². The fraction of sp³-hybridized carbons (Fsp3) is 0.267. The topological polar surface area (TPSA) is 45.1 Å². The molecule has 0 fully saturated rings. The molecular formula is C15H18N2O. The average Bonchev–Trinajstić information content (AvgIpc) is 2.37. The molecule has 0 radical (unpaired) electrons. The van der Waals surface area contributed by atoms with Gasteiger partial charge in [-0.2, -0.15) is 0 Å². The van der Waals surface area contributed by atoms with Crippen molar-refractivity contribution in [3.8, 4) is 0 Å². The van der Waals surface area contributed by atoms with Crippen LogP contribution in [0.4, 0.5) is 5.69 Å². The van der Waals surface area contributed by atoms with Gasteiger partial charge in [-0.3, -0.25) is 4.98 Å². The van der Waals surface area contributed by atoms with Gasteiger partial charge in [-0.15, -0.1) is 0 Å². The first-order chi connectivity index (χ1) is 8.70. The zero-order valence-electron chi connectivity index (χ0n) is 10.7. The molecule has 1 heterocycles. The summed E-state index contributed by atoms with van der Waals surface area (Å²) in [5.74, 6) is 0. The predicted molar refractivity (Wildman–Crippen MR) is 73.6 cm³/mol. The lowest BCUT2D eigenvalue weighted by molar-refractivity contribution is 0.276. The highest BCUT2D eigenvalue weighted by Crippen LogP contribution is 2.21. The minimum Gasteiger partial charge on any atom is -0.394 e. The maximum absolute atomic E-state index is 9.54. The van der Waals surface area contributed by atoms with E-state index in [9.17, 15) is 5.11 Å². The van der Waals surface area contributed by atoms with Crippen molar-refractivity contribution in [2.75, 3.05) is 11.9 Å². The Hall–Kier alpha value is -1.87. The van der Waals surface area contributed by atoms with Crippen molar-refractivity contribution in [1.29, 1.82) is 0 Å². The maximum Gasteiger partial charge on any atom is 0.0762 e. The number of aryl methyl sites for hydroxylation is 2.